The molecule has 0 spiro atoms. The molecular weight excluding hydrogens is 933 g/mol. The number of hydrogen-bond donors (Lipinski definition) is 1. The van der Waals surface area contributed by atoms with Crippen LogP contribution in [0.1, 0.15) is 92.3 Å². The summed E-state index contributed by atoms with van der Waals surface area (Å²) in [5.41, 5.74) is -1.53. The number of sulfonamides is 2. The minimum Gasteiger partial charge on any atom is -0.460 e. The number of halogens is 1. The Kier molecular flexibility index (Phi) is 19.0. The molecule has 22 heteroatoms. The van der Waals surface area contributed by atoms with Gasteiger partial charge in [-0.15, -0.1) is 0 Å². The Balaban J connectivity index is 1.40. The van der Waals surface area contributed by atoms with E-state index in [0.29, 0.717) is 51.9 Å². The van der Waals surface area contributed by atoms with Crippen LogP contribution in [-0.4, -0.2) is 117 Å². The SMILES string of the molecule is CCCN(CCC)S(=O)(=O)c1ccc(C(=O)OCC(=O)OC[C@@H]2O[C@H](n3cc(/C=C/Br)c(=O)[nH]c3=O)CC2OC(=O)COC(=O)c2ccc(S(=O)(=O)N(CCC)CCC)cc2)cc1. The first kappa shape index (κ1) is 50.6. The summed E-state index contributed by atoms with van der Waals surface area (Å²) in [7, 11) is -7.60. The van der Waals surface area contributed by atoms with Crippen molar-refractivity contribution >= 4 is 65.9 Å². The Bertz CT molecular complexity index is 2430. The van der Waals surface area contributed by atoms with Gasteiger partial charge in [-0.2, -0.15) is 8.61 Å². The van der Waals surface area contributed by atoms with Gasteiger partial charge in [0.25, 0.3) is 5.56 Å². The summed E-state index contributed by atoms with van der Waals surface area (Å²) in [6.07, 6.45) is 1.30. The second-order valence-corrected chi connectivity index (χ2v) is 18.5. The predicted octanol–water partition coefficient (Wildman–Crippen LogP) is 3.98. The number of nitrogens with one attached hydrogen (secondary N) is 1. The lowest BCUT2D eigenvalue weighted by atomic mass is 10.2. The van der Waals surface area contributed by atoms with Gasteiger partial charge in [0.2, 0.25) is 20.0 Å². The molecule has 3 aromatic rings. The van der Waals surface area contributed by atoms with Gasteiger partial charge in [-0.25, -0.2) is 40.8 Å². The lowest BCUT2D eigenvalue weighted by molar-refractivity contribution is -0.161. The number of nitrogens with zero attached hydrogens (tertiary/aromatic N) is 3. The molecule has 1 aromatic heterocycles. The van der Waals surface area contributed by atoms with E-state index in [0.717, 1.165) is 4.57 Å². The molecule has 1 aliphatic heterocycles. The minimum absolute atomic E-state index is 0.00931. The average Bonchev–Trinajstić information content (AvgIpc) is 3.66. The zero-order valence-electron chi connectivity index (χ0n) is 35.2. The first-order chi connectivity index (χ1) is 30.0. The van der Waals surface area contributed by atoms with Gasteiger partial charge in [-0.05, 0) is 85.3 Å². The van der Waals surface area contributed by atoms with Crippen molar-refractivity contribution in [3.05, 3.63) is 97.2 Å². The summed E-state index contributed by atoms with van der Waals surface area (Å²) < 4.78 is 83.1. The van der Waals surface area contributed by atoms with Crippen molar-refractivity contribution in [3.8, 4) is 0 Å². The van der Waals surface area contributed by atoms with Gasteiger partial charge < -0.3 is 23.7 Å². The third kappa shape index (κ3) is 13.5. The fourth-order valence-corrected chi connectivity index (χ4v) is 9.94. The molecular formula is C41H51BrN4O15S2. The summed E-state index contributed by atoms with van der Waals surface area (Å²) in [4.78, 5) is 79.9. The molecule has 0 amide bonds. The van der Waals surface area contributed by atoms with Gasteiger partial charge >= 0.3 is 29.6 Å². The molecule has 2 heterocycles. The number of aromatic nitrogens is 2. The predicted molar refractivity (Wildman–Crippen MR) is 231 cm³/mol. The van der Waals surface area contributed by atoms with Crippen LogP contribution in [0.4, 0.5) is 0 Å². The van der Waals surface area contributed by atoms with Crippen LogP contribution in [0.15, 0.2) is 79.1 Å². The molecule has 3 atom stereocenters. The highest BCUT2D eigenvalue weighted by molar-refractivity contribution is 9.11. The molecule has 1 saturated heterocycles. The van der Waals surface area contributed by atoms with E-state index < -0.39 is 93.4 Å². The number of esters is 4. The van der Waals surface area contributed by atoms with Gasteiger partial charge in [0, 0.05) is 38.8 Å². The third-order valence-corrected chi connectivity index (χ3v) is 13.5. The van der Waals surface area contributed by atoms with E-state index in [1.54, 1.807) is 0 Å². The van der Waals surface area contributed by atoms with Crippen molar-refractivity contribution in [2.45, 2.75) is 88.0 Å². The quantitative estimate of drug-likeness (QED) is 0.104. The number of aromatic amines is 1. The molecule has 0 saturated carbocycles. The molecule has 1 aliphatic rings. The van der Waals surface area contributed by atoms with E-state index in [-0.39, 0.29) is 32.9 Å². The van der Waals surface area contributed by atoms with Crippen molar-refractivity contribution < 1.29 is 59.7 Å². The highest BCUT2D eigenvalue weighted by Crippen LogP contribution is 2.31. The highest BCUT2D eigenvalue weighted by atomic mass is 79.9. The van der Waals surface area contributed by atoms with Gasteiger partial charge in [0.05, 0.1) is 26.5 Å². The maximum absolute atomic E-state index is 13.1. The summed E-state index contributed by atoms with van der Waals surface area (Å²) in [5.74, 6) is -3.97. The maximum Gasteiger partial charge on any atom is 0.344 e. The molecule has 2 aromatic carbocycles. The zero-order valence-corrected chi connectivity index (χ0v) is 38.4. The lowest BCUT2D eigenvalue weighted by Crippen LogP contribution is -2.34. The van der Waals surface area contributed by atoms with Crippen LogP contribution in [0.25, 0.3) is 6.08 Å². The Hall–Kier alpha value is -5.00. The largest absolute Gasteiger partial charge is 0.460 e. The minimum atomic E-state index is -3.81. The molecule has 1 fully saturated rings. The fraction of sp³-hybridized carbons (Fsp3) is 0.463. The molecule has 344 valence electrons. The number of H-pyrrole nitrogens is 1. The smallest absolute Gasteiger partial charge is 0.344 e. The number of carbonyl (C=O) groups is 4. The van der Waals surface area contributed by atoms with Gasteiger partial charge in [0.1, 0.15) is 25.0 Å². The van der Waals surface area contributed by atoms with Crippen LogP contribution in [0.3, 0.4) is 0 Å². The number of benzene rings is 2. The normalized spacial score (nSPS) is 16.7. The second kappa shape index (κ2) is 23.6. The number of carbonyl (C=O) groups excluding carboxylic acids is 4. The van der Waals surface area contributed by atoms with Gasteiger partial charge in [0.15, 0.2) is 13.2 Å². The number of ether oxygens (including phenoxy) is 5. The van der Waals surface area contributed by atoms with Crippen molar-refractivity contribution in [3.63, 3.8) is 0 Å². The van der Waals surface area contributed by atoms with Crippen molar-refractivity contribution in [1.29, 1.82) is 0 Å². The summed E-state index contributed by atoms with van der Waals surface area (Å²) >= 11 is 3.08. The molecule has 4 rings (SSSR count). The van der Waals surface area contributed by atoms with Gasteiger partial charge in [-0.1, -0.05) is 43.6 Å². The Morgan fingerprint density at radius 1 is 0.746 bits per heavy atom. The molecule has 63 heavy (non-hydrogen) atoms. The number of hydrogen-bond acceptors (Lipinski definition) is 15. The van der Waals surface area contributed by atoms with Crippen LogP contribution >= 0.6 is 15.9 Å². The summed E-state index contributed by atoms with van der Waals surface area (Å²) in [6.45, 7) is 6.47. The van der Waals surface area contributed by atoms with Gasteiger partial charge in [-0.3, -0.25) is 14.3 Å². The molecule has 1 N–H and O–H groups in total. The van der Waals surface area contributed by atoms with Crippen LogP contribution in [0.2, 0.25) is 0 Å². The molecule has 0 bridgehead atoms. The Labute approximate surface area is 373 Å². The Morgan fingerprint density at radius 2 is 1.21 bits per heavy atom. The molecule has 1 unspecified atom stereocenters. The second-order valence-electron chi connectivity index (χ2n) is 14.1. The zero-order chi connectivity index (χ0) is 46.3. The van der Waals surface area contributed by atoms with E-state index in [1.807, 2.05) is 27.7 Å². The topological polar surface area (TPSA) is 244 Å². The monoisotopic (exact) mass is 982 g/mol. The van der Waals surface area contributed by atoms with E-state index in [1.165, 1.54) is 74.4 Å². The fourth-order valence-electron chi connectivity index (χ4n) is 6.41. The van der Waals surface area contributed by atoms with Crippen LogP contribution in [0, 0.1) is 0 Å². The molecule has 0 aliphatic carbocycles. The summed E-state index contributed by atoms with van der Waals surface area (Å²) in [6, 6.07) is 10.1. The molecule has 19 nitrogen and oxygen atoms in total. The Morgan fingerprint density at radius 3 is 1.65 bits per heavy atom. The standard InChI is InChI=1S/C41H51BrN4O15S2/c1-5-19-44(20-6-2)62(53,54)31-13-9-28(10-14-31)39(50)58-26-36(47)57-25-34-33(23-35(60-34)46-24-30(17-18-42)38(49)43-41(46)52)61-37(48)27-59-40(51)29-11-15-32(16-12-29)63(55,56)45(21-7-3)22-8-4/h9-18,24,33-35H,5-8,19-23,25-27H2,1-4H3,(H,43,49,52)/b18-17+/t33?,34-,35-/m0/s1. The summed E-state index contributed by atoms with van der Waals surface area (Å²) in [5, 5.41) is 0. The third-order valence-electron chi connectivity index (χ3n) is 9.41. The first-order valence-corrected chi connectivity index (χ1v) is 24.0. The van der Waals surface area contributed by atoms with E-state index >= 15 is 0 Å². The highest BCUT2D eigenvalue weighted by Gasteiger charge is 2.40. The average molecular weight is 984 g/mol. The van der Waals surface area contributed by atoms with Crippen LogP contribution in [-0.2, 0) is 53.3 Å². The lowest BCUT2D eigenvalue weighted by Gasteiger charge is -2.21. The number of rotatable bonds is 23. The molecule has 0 radical (unpaired) electrons. The van der Waals surface area contributed by atoms with E-state index in [2.05, 4.69) is 20.9 Å². The van der Waals surface area contributed by atoms with Crippen LogP contribution < -0.4 is 11.2 Å². The maximum atomic E-state index is 13.1. The first-order valence-electron chi connectivity index (χ1n) is 20.2. The van der Waals surface area contributed by atoms with Crippen molar-refractivity contribution in [2.24, 2.45) is 0 Å². The van der Waals surface area contributed by atoms with E-state index in [9.17, 15) is 45.6 Å². The van der Waals surface area contributed by atoms with Crippen molar-refractivity contribution in [1.82, 2.24) is 18.2 Å². The van der Waals surface area contributed by atoms with Crippen LogP contribution in [0.5, 0.6) is 0 Å². The van der Waals surface area contributed by atoms with E-state index in [4.69, 9.17) is 23.7 Å². The van der Waals surface area contributed by atoms with Crippen molar-refractivity contribution in [2.75, 3.05) is 46.0 Å².